The number of aromatic nitrogens is 1. The van der Waals surface area contributed by atoms with Crippen molar-refractivity contribution < 1.29 is 22.7 Å². The predicted octanol–water partition coefficient (Wildman–Crippen LogP) is 2.62. The Bertz CT molecular complexity index is 1070. The fourth-order valence-corrected chi connectivity index (χ4v) is 5.68. The van der Waals surface area contributed by atoms with E-state index in [9.17, 15) is 18.0 Å². The molecule has 1 aromatic heterocycles. The molecule has 1 aromatic carbocycles. The van der Waals surface area contributed by atoms with Gasteiger partial charge >= 0.3 is 5.97 Å². The maximum atomic E-state index is 13.2. The van der Waals surface area contributed by atoms with Crippen LogP contribution >= 0.6 is 0 Å². The van der Waals surface area contributed by atoms with E-state index < -0.39 is 10.0 Å². The van der Waals surface area contributed by atoms with Crippen LogP contribution in [0.4, 0.5) is 0 Å². The molecule has 2 heterocycles. The van der Waals surface area contributed by atoms with E-state index in [1.807, 2.05) is 0 Å². The highest BCUT2D eigenvalue weighted by molar-refractivity contribution is 7.89. The summed E-state index contributed by atoms with van der Waals surface area (Å²) >= 11 is 0. The minimum Gasteiger partial charge on any atom is -0.466 e. The summed E-state index contributed by atoms with van der Waals surface area (Å²) in [6, 6.07) is 6.67. The van der Waals surface area contributed by atoms with Crippen molar-refractivity contribution in [3.63, 3.8) is 0 Å². The van der Waals surface area contributed by atoms with Gasteiger partial charge in [-0.25, -0.2) is 8.42 Å². The fourth-order valence-electron chi connectivity index (χ4n) is 4.18. The second-order valence-electron chi connectivity index (χ2n) is 7.74. The van der Waals surface area contributed by atoms with Crippen LogP contribution in [0.1, 0.15) is 44.1 Å². The third-order valence-electron chi connectivity index (χ3n) is 5.90. The van der Waals surface area contributed by atoms with Gasteiger partial charge < -0.3 is 14.2 Å². The summed E-state index contributed by atoms with van der Waals surface area (Å²) < 4.78 is 34.0. The highest BCUT2D eigenvalue weighted by atomic mass is 32.2. The largest absolute Gasteiger partial charge is 0.466 e. The van der Waals surface area contributed by atoms with Crippen LogP contribution in [-0.4, -0.2) is 66.9 Å². The molecule has 31 heavy (non-hydrogen) atoms. The number of carbonyl (C=O) groups is 2. The highest BCUT2D eigenvalue weighted by Gasteiger charge is 2.31. The summed E-state index contributed by atoms with van der Waals surface area (Å²) in [6.45, 7) is 7.41. The lowest BCUT2D eigenvalue weighted by atomic mass is 9.98. The number of hydrogen-bond acceptors (Lipinski definition) is 5. The average Bonchev–Trinajstić information content (AvgIpc) is 3.10. The molecule has 0 bridgehead atoms. The minimum absolute atomic E-state index is 0.166. The predicted molar refractivity (Wildman–Crippen MR) is 118 cm³/mol. The van der Waals surface area contributed by atoms with E-state index in [1.165, 1.54) is 4.31 Å². The summed E-state index contributed by atoms with van der Waals surface area (Å²) in [7, 11) is -1.79. The number of carbonyl (C=O) groups excluding carboxylic acids is 2. The van der Waals surface area contributed by atoms with Crippen molar-refractivity contribution in [1.82, 2.24) is 13.8 Å². The molecule has 3 rings (SSSR count). The molecule has 0 radical (unpaired) electrons. The fraction of sp³-hybridized carbons (Fsp3) is 0.545. The van der Waals surface area contributed by atoms with Crippen molar-refractivity contribution in [2.75, 3.05) is 32.8 Å². The van der Waals surface area contributed by atoms with Crippen LogP contribution in [-0.2, 0) is 26.6 Å². The van der Waals surface area contributed by atoms with Gasteiger partial charge in [-0.15, -0.1) is 0 Å². The lowest BCUT2D eigenvalue weighted by Gasteiger charge is -2.31. The van der Waals surface area contributed by atoms with E-state index >= 15 is 0 Å². The van der Waals surface area contributed by atoms with E-state index in [1.54, 1.807) is 61.6 Å². The molecule has 1 atom stereocenters. The zero-order valence-electron chi connectivity index (χ0n) is 18.6. The molecule has 0 N–H and O–H groups in total. The van der Waals surface area contributed by atoms with Crippen LogP contribution in [0.25, 0.3) is 10.9 Å². The van der Waals surface area contributed by atoms with Gasteiger partial charge in [0.05, 0.1) is 17.4 Å². The third kappa shape index (κ3) is 4.48. The Kier molecular flexibility index (Phi) is 7.06. The van der Waals surface area contributed by atoms with Crippen molar-refractivity contribution >= 4 is 32.8 Å². The number of likely N-dealkylation sites (tertiary alicyclic amines) is 1. The van der Waals surface area contributed by atoms with E-state index in [4.69, 9.17) is 4.74 Å². The van der Waals surface area contributed by atoms with Gasteiger partial charge in [-0.3, -0.25) is 9.59 Å². The first-order valence-electron chi connectivity index (χ1n) is 10.8. The van der Waals surface area contributed by atoms with Crippen LogP contribution in [0.2, 0.25) is 0 Å². The first-order chi connectivity index (χ1) is 14.7. The SMILES string of the molecule is CCOC(=O)C1CCCN(C(=O)c2cc3cc(S(=O)(=O)N(CC)CC)ccc3n2C)C1. The second kappa shape index (κ2) is 9.40. The summed E-state index contributed by atoms with van der Waals surface area (Å²) in [4.78, 5) is 27.2. The number of aryl methyl sites for hydroxylation is 1. The summed E-state index contributed by atoms with van der Waals surface area (Å²) in [5.41, 5.74) is 1.25. The lowest BCUT2D eigenvalue weighted by Crippen LogP contribution is -2.43. The zero-order chi connectivity index (χ0) is 22.8. The number of esters is 1. The molecule has 170 valence electrons. The average molecular weight is 450 g/mol. The molecular weight excluding hydrogens is 418 g/mol. The quantitative estimate of drug-likeness (QED) is 0.606. The van der Waals surface area contributed by atoms with Gasteiger partial charge in [-0.1, -0.05) is 13.8 Å². The number of ether oxygens (including phenoxy) is 1. The number of benzene rings is 1. The van der Waals surface area contributed by atoms with E-state index in [0.29, 0.717) is 50.3 Å². The van der Waals surface area contributed by atoms with Crippen molar-refractivity contribution in [3.05, 3.63) is 30.0 Å². The van der Waals surface area contributed by atoms with Gasteiger partial charge in [0.1, 0.15) is 5.69 Å². The topological polar surface area (TPSA) is 88.9 Å². The molecule has 1 aliphatic rings. The van der Waals surface area contributed by atoms with Crippen molar-refractivity contribution in [3.8, 4) is 0 Å². The molecule has 0 aliphatic carbocycles. The van der Waals surface area contributed by atoms with Gasteiger partial charge in [0.15, 0.2) is 0 Å². The Balaban J connectivity index is 1.90. The highest BCUT2D eigenvalue weighted by Crippen LogP contribution is 2.26. The third-order valence-corrected chi connectivity index (χ3v) is 7.95. The second-order valence-corrected chi connectivity index (χ2v) is 9.68. The van der Waals surface area contributed by atoms with Crippen LogP contribution in [0, 0.1) is 5.92 Å². The Morgan fingerprint density at radius 3 is 2.52 bits per heavy atom. The van der Waals surface area contributed by atoms with Crippen LogP contribution in [0.15, 0.2) is 29.2 Å². The molecule has 1 amide bonds. The Morgan fingerprint density at radius 2 is 1.87 bits per heavy atom. The first kappa shape index (κ1) is 23.3. The van der Waals surface area contributed by atoms with Gasteiger partial charge in [-0.2, -0.15) is 4.31 Å². The number of sulfonamides is 1. The van der Waals surface area contributed by atoms with Crippen LogP contribution < -0.4 is 0 Å². The van der Waals surface area contributed by atoms with E-state index in [0.717, 1.165) is 11.9 Å². The smallest absolute Gasteiger partial charge is 0.310 e. The van der Waals surface area contributed by atoms with E-state index in [-0.39, 0.29) is 22.7 Å². The number of rotatable bonds is 7. The number of amides is 1. The number of hydrogen-bond donors (Lipinski definition) is 0. The van der Waals surface area contributed by atoms with Crippen molar-refractivity contribution in [1.29, 1.82) is 0 Å². The molecule has 9 heteroatoms. The maximum Gasteiger partial charge on any atom is 0.310 e. The Hall–Kier alpha value is -2.39. The first-order valence-corrected chi connectivity index (χ1v) is 12.2. The molecule has 0 spiro atoms. The lowest BCUT2D eigenvalue weighted by molar-refractivity contribution is -0.149. The number of nitrogens with zero attached hydrogens (tertiary/aromatic N) is 3. The van der Waals surface area contributed by atoms with Gasteiger partial charge in [0.2, 0.25) is 10.0 Å². The van der Waals surface area contributed by atoms with E-state index in [2.05, 4.69) is 0 Å². The maximum absolute atomic E-state index is 13.2. The molecule has 1 unspecified atom stereocenters. The van der Waals surface area contributed by atoms with Crippen LogP contribution in [0.5, 0.6) is 0 Å². The van der Waals surface area contributed by atoms with Crippen molar-refractivity contribution in [2.45, 2.75) is 38.5 Å². The molecule has 1 aliphatic heterocycles. The molecule has 2 aromatic rings. The molecular formula is C22H31N3O5S. The summed E-state index contributed by atoms with van der Waals surface area (Å²) in [6.07, 6.45) is 1.45. The number of piperidine rings is 1. The van der Waals surface area contributed by atoms with Gasteiger partial charge in [-0.05, 0) is 44.0 Å². The Labute approximate surface area is 183 Å². The van der Waals surface area contributed by atoms with Crippen molar-refractivity contribution in [2.24, 2.45) is 13.0 Å². The van der Waals surface area contributed by atoms with Gasteiger partial charge in [0, 0.05) is 44.1 Å². The molecule has 1 fully saturated rings. The Morgan fingerprint density at radius 1 is 1.16 bits per heavy atom. The monoisotopic (exact) mass is 449 g/mol. The summed E-state index contributed by atoms with van der Waals surface area (Å²) in [5, 5.41) is 0.693. The molecule has 0 saturated carbocycles. The number of fused-ring (bicyclic) bond motifs is 1. The minimum atomic E-state index is -3.58. The summed E-state index contributed by atoms with van der Waals surface area (Å²) in [5.74, 6) is -0.734. The van der Waals surface area contributed by atoms with Crippen LogP contribution in [0.3, 0.4) is 0 Å². The van der Waals surface area contributed by atoms with Gasteiger partial charge in [0.25, 0.3) is 5.91 Å². The molecule has 1 saturated heterocycles. The normalized spacial score (nSPS) is 17.3. The zero-order valence-corrected chi connectivity index (χ0v) is 19.4. The molecule has 8 nitrogen and oxygen atoms in total. The standard InChI is InChI=1S/C22H31N3O5S/c1-5-25(6-2)31(28,29)18-10-11-19-17(13-18)14-20(23(19)4)21(26)24-12-8-9-16(15-24)22(27)30-7-3/h10-11,13-14,16H,5-9,12,15H2,1-4H3.